The average molecular weight is 286 g/mol. The normalized spacial score (nSPS) is 14.8. The van der Waals surface area contributed by atoms with Crippen molar-refractivity contribution in [2.45, 2.75) is 19.3 Å². The van der Waals surface area contributed by atoms with Gasteiger partial charge in [-0.3, -0.25) is 10.1 Å². The van der Waals surface area contributed by atoms with Crippen molar-refractivity contribution in [2.24, 2.45) is 5.92 Å². The van der Waals surface area contributed by atoms with Crippen LogP contribution in [0.2, 0.25) is 0 Å². The van der Waals surface area contributed by atoms with E-state index in [1.165, 1.54) is 18.9 Å². The maximum absolute atomic E-state index is 10.8. The van der Waals surface area contributed by atoms with E-state index in [4.69, 9.17) is 0 Å². The predicted octanol–water partition coefficient (Wildman–Crippen LogP) is 2.96. The Labute approximate surface area is 102 Å². The largest absolute Gasteiger partial charge is 0.364 e. The smallest absolute Gasteiger partial charge is 0.312 e. The van der Waals surface area contributed by atoms with E-state index in [9.17, 15) is 10.1 Å². The SMILES string of the molecule is O=[N+]([O-])c1cc(Br)cnc1NCCC1CC1. The third-order valence-electron chi connectivity index (χ3n) is 2.57. The molecule has 1 aliphatic rings. The second-order valence-electron chi connectivity index (χ2n) is 3.94. The zero-order valence-electron chi connectivity index (χ0n) is 8.65. The molecule has 1 N–H and O–H groups in total. The van der Waals surface area contributed by atoms with Gasteiger partial charge in [0, 0.05) is 23.3 Å². The number of rotatable bonds is 5. The first-order chi connectivity index (χ1) is 7.66. The highest BCUT2D eigenvalue weighted by molar-refractivity contribution is 9.10. The minimum Gasteiger partial charge on any atom is -0.364 e. The molecule has 0 amide bonds. The summed E-state index contributed by atoms with van der Waals surface area (Å²) in [7, 11) is 0. The van der Waals surface area contributed by atoms with Crippen LogP contribution >= 0.6 is 15.9 Å². The third-order valence-corrected chi connectivity index (χ3v) is 3.01. The molecule has 16 heavy (non-hydrogen) atoms. The summed E-state index contributed by atoms with van der Waals surface area (Å²) in [6.07, 6.45) is 5.20. The summed E-state index contributed by atoms with van der Waals surface area (Å²) in [6, 6.07) is 1.46. The lowest BCUT2D eigenvalue weighted by Crippen LogP contribution is -2.06. The van der Waals surface area contributed by atoms with Crippen LogP contribution in [0, 0.1) is 16.0 Å². The zero-order valence-corrected chi connectivity index (χ0v) is 10.2. The summed E-state index contributed by atoms with van der Waals surface area (Å²) in [4.78, 5) is 14.4. The van der Waals surface area contributed by atoms with E-state index < -0.39 is 4.92 Å². The Hall–Kier alpha value is -1.17. The van der Waals surface area contributed by atoms with Crippen molar-refractivity contribution in [3.8, 4) is 0 Å². The Kier molecular flexibility index (Phi) is 3.38. The molecule has 0 unspecified atom stereocenters. The van der Waals surface area contributed by atoms with Crippen LogP contribution in [-0.2, 0) is 0 Å². The number of anilines is 1. The maximum atomic E-state index is 10.8. The molecule has 0 aliphatic heterocycles. The summed E-state index contributed by atoms with van der Waals surface area (Å²) < 4.78 is 0.618. The lowest BCUT2D eigenvalue weighted by molar-refractivity contribution is -0.384. The standard InChI is InChI=1S/C10H12BrN3O2/c11-8-5-9(14(15)16)10(13-6-8)12-4-3-7-1-2-7/h5-7H,1-4H2,(H,12,13). The van der Waals surface area contributed by atoms with Crippen molar-refractivity contribution in [1.29, 1.82) is 0 Å². The molecule has 0 aromatic carbocycles. The number of pyridine rings is 1. The molecular formula is C10H12BrN3O2. The lowest BCUT2D eigenvalue weighted by Gasteiger charge is -2.05. The summed E-state index contributed by atoms with van der Waals surface area (Å²) in [5.74, 6) is 1.16. The number of nitrogens with one attached hydrogen (secondary N) is 1. The van der Waals surface area contributed by atoms with Crippen LogP contribution in [0.15, 0.2) is 16.7 Å². The van der Waals surface area contributed by atoms with Crippen LogP contribution < -0.4 is 5.32 Å². The van der Waals surface area contributed by atoms with Crippen LogP contribution in [0.1, 0.15) is 19.3 Å². The third kappa shape index (κ3) is 2.91. The van der Waals surface area contributed by atoms with Crippen molar-refractivity contribution in [1.82, 2.24) is 4.98 Å². The molecule has 2 rings (SSSR count). The van der Waals surface area contributed by atoms with Gasteiger partial charge in [0.25, 0.3) is 0 Å². The van der Waals surface area contributed by atoms with E-state index >= 15 is 0 Å². The van der Waals surface area contributed by atoms with Gasteiger partial charge in [0.1, 0.15) is 0 Å². The molecule has 86 valence electrons. The number of hydrogen-bond acceptors (Lipinski definition) is 4. The number of hydrogen-bond donors (Lipinski definition) is 1. The summed E-state index contributed by atoms with van der Waals surface area (Å²) in [6.45, 7) is 0.750. The van der Waals surface area contributed by atoms with E-state index in [1.807, 2.05) is 0 Å². The fraction of sp³-hybridized carbons (Fsp3) is 0.500. The first kappa shape index (κ1) is 11.3. The minimum absolute atomic E-state index is 0.0187. The first-order valence-electron chi connectivity index (χ1n) is 5.20. The van der Waals surface area contributed by atoms with Gasteiger partial charge in [0.15, 0.2) is 0 Å². The summed E-state index contributed by atoms with van der Waals surface area (Å²) in [5, 5.41) is 13.8. The van der Waals surface area contributed by atoms with Gasteiger partial charge in [0.05, 0.1) is 4.92 Å². The monoisotopic (exact) mass is 285 g/mol. The molecule has 0 saturated heterocycles. The number of nitrogens with zero attached hydrogens (tertiary/aromatic N) is 2. The lowest BCUT2D eigenvalue weighted by atomic mass is 10.3. The van der Waals surface area contributed by atoms with E-state index in [0.717, 1.165) is 18.9 Å². The average Bonchev–Trinajstić information content (AvgIpc) is 3.04. The number of halogens is 1. The highest BCUT2D eigenvalue weighted by atomic mass is 79.9. The molecule has 0 atom stereocenters. The van der Waals surface area contributed by atoms with E-state index in [1.54, 1.807) is 6.20 Å². The molecule has 0 radical (unpaired) electrons. The van der Waals surface area contributed by atoms with Gasteiger partial charge < -0.3 is 5.32 Å². The summed E-state index contributed by atoms with van der Waals surface area (Å²) >= 11 is 3.17. The van der Waals surface area contributed by atoms with Gasteiger partial charge >= 0.3 is 5.69 Å². The van der Waals surface area contributed by atoms with E-state index in [0.29, 0.717) is 10.3 Å². The van der Waals surface area contributed by atoms with Crippen molar-refractivity contribution in [3.63, 3.8) is 0 Å². The molecule has 1 fully saturated rings. The predicted molar refractivity (Wildman–Crippen MR) is 64.4 cm³/mol. The summed E-state index contributed by atoms with van der Waals surface area (Å²) in [5.41, 5.74) is 0.0187. The Morgan fingerprint density at radius 2 is 2.38 bits per heavy atom. The van der Waals surface area contributed by atoms with E-state index in [-0.39, 0.29) is 5.69 Å². The van der Waals surface area contributed by atoms with Gasteiger partial charge in [-0.2, -0.15) is 0 Å². The van der Waals surface area contributed by atoms with Gasteiger partial charge in [0.2, 0.25) is 5.82 Å². The zero-order chi connectivity index (χ0) is 11.5. The number of aromatic nitrogens is 1. The second kappa shape index (κ2) is 4.78. The number of nitro groups is 1. The molecule has 0 spiro atoms. The topological polar surface area (TPSA) is 68.1 Å². The first-order valence-corrected chi connectivity index (χ1v) is 6.00. The molecule has 6 heteroatoms. The van der Waals surface area contributed by atoms with Gasteiger partial charge in [-0.1, -0.05) is 12.8 Å². The molecular weight excluding hydrogens is 274 g/mol. The Morgan fingerprint density at radius 3 is 3.00 bits per heavy atom. The van der Waals surface area contributed by atoms with Crippen molar-refractivity contribution in [2.75, 3.05) is 11.9 Å². The molecule has 1 aromatic heterocycles. The molecule has 1 aliphatic carbocycles. The molecule has 5 nitrogen and oxygen atoms in total. The van der Waals surface area contributed by atoms with Crippen molar-refractivity contribution >= 4 is 27.4 Å². The van der Waals surface area contributed by atoms with Gasteiger partial charge in [-0.15, -0.1) is 0 Å². The van der Waals surface area contributed by atoms with Crippen LogP contribution in [0.5, 0.6) is 0 Å². The molecule has 0 bridgehead atoms. The quantitative estimate of drug-likeness (QED) is 0.667. The Balaban J connectivity index is 2.02. The molecule has 1 heterocycles. The van der Waals surface area contributed by atoms with Crippen molar-refractivity contribution in [3.05, 3.63) is 26.9 Å². The Bertz CT molecular complexity index is 407. The highest BCUT2D eigenvalue weighted by Gasteiger charge is 2.21. The minimum atomic E-state index is -0.419. The van der Waals surface area contributed by atoms with Crippen LogP contribution in [0.3, 0.4) is 0 Å². The Morgan fingerprint density at radius 1 is 1.62 bits per heavy atom. The van der Waals surface area contributed by atoms with Crippen molar-refractivity contribution < 1.29 is 4.92 Å². The highest BCUT2D eigenvalue weighted by Crippen LogP contribution is 2.32. The maximum Gasteiger partial charge on any atom is 0.312 e. The molecule has 1 saturated carbocycles. The van der Waals surface area contributed by atoms with Crippen LogP contribution in [-0.4, -0.2) is 16.5 Å². The van der Waals surface area contributed by atoms with Crippen LogP contribution in [0.4, 0.5) is 11.5 Å². The fourth-order valence-electron chi connectivity index (χ4n) is 1.51. The molecule has 1 aromatic rings. The fourth-order valence-corrected chi connectivity index (χ4v) is 1.82. The second-order valence-corrected chi connectivity index (χ2v) is 4.85. The van der Waals surface area contributed by atoms with Gasteiger partial charge in [-0.05, 0) is 28.3 Å². The van der Waals surface area contributed by atoms with Crippen LogP contribution in [0.25, 0.3) is 0 Å². The van der Waals surface area contributed by atoms with Gasteiger partial charge in [-0.25, -0.2) is 4.98 Å². The van der Waals surface area contributed by atoms with E-state index in [2.05, 4.69) is 26.2 Å².